The van der Waals surface area contributed by atoms with E-state index >= 15 is 0 Å². The zero-order valence-electron chi connectivity index (χ0n) is 12.4. The highest BCUT2D eigenvalue weighted by Crippen LogP contribution is 2.16. The SMILES string of the molecule is Cc1[nH]ncc1CNc1cnn(CCN(C)C)c(=O)c1Cl. The highest BCUT2D eigenvalue weighted by Gasteiger charge is 2.10. The average molecular weight is 311 g/mol. The molecule has 21 heavy (non-hydrogen) atoms. The fourth-order valence-corrected chi connectivity index (χ4v) is 2.00. The van der Waals surface area contributed by atoms with Gasteiger partial charge in [-0.1, -0.05) is 11.6 Å². The van der Waals surface area contributed by atoms with E-state index in [0.717, 1.165) is 17.8 Å². The lowest BCUT2D eigenvalue weighted by Gasteiger charge is -2.12. The number of rotatable bonds is 6. The number of aryl methyl sites for hydroxylation is 1. The number of anilines is 1. The van der Waals surface area contributed by atoms with E-state index in [2.05, 4.69) is 20.6 Å². The van der Waals surface area contributed by atoms with Crippen LogP contribution >= 0.6 is 11.6 Å². The molecular weight excluding hydrogens is 292 g/mol. The van der Waals surface area contributed by atoms with E-state index in [1.54, 1.807) is 12.4 Å². The second-order valence-corrected chi connectivity index (χ2v) is 5.46. The Labute approximate surface area is 127 Å². The lowest BCUT2D eigenvalue weighted by atomic mass is 10.2. The third-order valence-electron chi connectivity index (χ3n) is 3.15. The van der Waals surface area contributed by atoms with Gasteiger partial charge in [-0.25, -0.2) is 4.68 Å². The van der Waals surface area contributed by atoms with Gasteiger partial charge in [0.15, 0.2) is 0 Å². The molecule has 0 unspecified atom stereocenters. The predicted molar refractivity (Wildman–Crippen MR) is 82.7 cm³/mol. The summed E-state index contributed by atoms with van der Waals surface area (Å²) in [5.74, 6) is 0. The largest absolute Gasteiger partial charge is 0.378 e. The molecule has 8 heteroatoms. The number of H-pyrrole nitrogens is 1. The summed E-state index contributed by atoms with van der Waals surface area (Å²) in [5, 5.41) is 14.2. The number of aromatic amines is 1. The smallest absolute Gasteiger partial charge is 0.287 e. The molecule has 0 aliphatic heterocycles. The van der Waals surface area contributed by atoms with Gasteiger partial charge < -0.3 is 10.2 Å². The van der Waals surface area contributed by atoms with E-state index in [1.165, 1.54) is 4.68 Å². The average Bonchev–Trinajstić information content (AvgIpc) is 2.85. The molecule has 0 bridgehead atoms. The van der Waals surface area contributed by atoms with Crippen LogP contribution in [0.4, 0.5) is 5.69 Å². The van der Waals surface area contributed by atoms with Crippen LogP contribution in [-0.4, -0.2) is 45.5 Å². The molecule has 2 rings (SSSR count). The Bertz CT molecular complexity index is 663. The molecule has 0 fully saturated rings. The van der Waals surface area contributed by atoms with Crippen molar-refractivity contribution in [2.24, 2.45) is 0 Å². The van der Waals surface area contributed by atoms with E-state index in [-0.39, 0.29) is 10.6 Å². The first-order valence-electron chi connectivity index (χ1n) is 6.62. The monoisotopic (exact) mass is 310 g/mol. The van der Waals surface area contributed by atoms with Gasteiger partial charge in [0.1, 0.15) is 5.02 Å². The van der Waals surface area contributed by atoms with E-state index in [0.29, 0.717) is 18.8 Å². The fourth-order valence-electron chi connectivity index (χ4n) is 1.79. The number of nitrogens with one attached hydrogen (secondary N) is 2. The van der Waals surface area contributed by atoms with Crippen molar-refractivity contribution < 1.29 is 0 Å². The highest BCUT2D eigenvalue weighted by atomic mass is 35.5. The first-order valence-corrected chi connectivity index (χ1v) is 7.00. The van der Waals surface area contributed by atoms with E-state index in [1.807, 2.05) is 25.9 Å². The van der Waals surface area contributed by atoms with Crippen molar-refractivity contribution in [3.63, 3.8) is 0 Å². The standard InChI is InChI=1S/C13H19ClN6O/c1-9-10(7-16-18-9)6-15-11-8-17-20(5-4-19(2)3)13(21)12(11)14/h7-8,15H,4-6H2,1-3H3,(H,16,18). The van der Waals surface area contributed by atoms with Gasteiger partial charge in [0.05, 0.1) is 24.6 Å². The van der Waals surface area contributed by atoms with Gasteiger partial charge in [0.2, 0.25) is 0 Å². The summed E-state index contributed by atoms with van der Waals surface area (Å²) < 4.78 is 1.37. The minimum atomic E-state index is -0.285. The highest BCUT2D eigenvalue weighted by molar-refractivity contribution is 6.32. The van der Waals surface area contributed by atoms with E-state index in [9.17, 15) is 4.79 Å². The van der Waals surface area contributed by atoms with Crippen molar-refractivity contribution in [3.05, 3.63) is 39.0 Å². The van der Waals surface area contributed by atoms with Gasteiger partial charge in [-0.2, -0.15) is 10.2 Å². The topological polar surface area (TPSA) is 78.8 Å². The molecule has 7 nitrogen and oxygen atoms in total. The Morgan fingerprint density at radius 3 is 2.81 bits per heavy atom. The van der Waals surface area contributed by atoms with E-state index < -0.39 is 0 Å². The molecule has 0 spiro atoms. The first-order chi connectivity index (χ1) is 9.99. The lowest BCUT2D eigenvalue weighted by Crippen LogP contribution is -2.29. The van der Waals surface area contributed by atoms with Crippen molar-refractivity contribution in [2.75, 3.05) is 26.0 Å². The Morgan fingerprint density at radius 2 is 2.19 bits per heavy atom. The summed E-state index contributed by atoms with van der Waals surface area (Å²) in [5.41, 5.74) is 2.24. The zero-order chi connectivity index (χ0) is 15.4. The normalized spacial score (nSPS) is 11.1. The number of hydrogen-bond donors (Lipinski definition) is 2. The van der Waals surface area contributed by atoms with Crippen LogP contribution in [-0.2, 0) is 13.1 Å². The summed E-state index contributed by atoms with van der Waals surface area (Å²) in [7, 11) is 3.88. The van der Waals surface area contributed by atoms with E-state index in [4.69, 9.17) is 11.6 Å². The third-order valence-corrected chi connectivity index (χ3v) is 3.51. The van der Waals surface area contributed by atoms with Crippen molar-refractivity contribution >= 4 is 17.3 Å². The Kier molecular flexibility index (Phi) is 4.98. The zero-order valence-corrected chi connectivity index (χ0v) is 13.1. The number of hydrogen-bond acceptors (Lipinski definition) is 5. The van der Waals surface area contributed by atoms with Crippen molar-refractivity contribution in [1.29, 1.82) is 0 Å². The Morgan fingerprint density at radius 1 is 1.43 bits per heavy atom. The maximum absolute atomic E-state index is 12.1. The van der Waals surface area contributed by atoms with Crippen molar-refractivity contribution in [3.8, 4) is 0 Å². The second-order valence-electron chi connectivity index (χ2n) is 5.08. The molecule has 114 valence electrons. The van der Waals surface area contributed by atoms with Crippen LogP contribution in [0.2, 0.25) is 5.02 Å². The Balaban J connectivity index is 2.09. The molecule has 0 saturated heterocycles. The molecule has 0 aromatic carbocycles. The molecule has 0 saturated carbocycles. The molecule has 2 aromatic heterocycles. The maximum atomic E-state index is 12.1. The molecule has 2 heterocycles. The van der Waals surface area contributed by atoms with Gasteiger partial charge in [-0.3, -0.25) is 9.89 Å². The third kappa shape index (κ3) is 3.83. The maximum Gasteiger partial charge on any atom is 0.287 e. The molecular formula is C13H19ClN6O. The summed E-state index contributed by atoms with van der Waals surface area (Å²) in [6.07, 6.45) is 3.32. The summed E-state index contributed by atoms with van der Waals surface area (Å²) in [6.45, 7) is 3.70. The molecule has 0 aliphatic carbocycles. The Hall–Kier alpha value is -1.86. The molecule has 2 aromatic rings. The minimum absolute atomic E-state index is 0.157. The van der Waals surface area contributed by atoms with Crippen LogP contribution in [0.25, 0.3) is 0 Å². The summed E-state index contributed by atoms with van der Waals surface area (Å²) in [4.78, 5) is 14.1. The summed E-state index contributed by atoms with van der Waals surface area (Å²) >= 11 is 6.12. The quantitative estimate of drug-likeness (QED) is 0.835. The van der Waals surface area contributed by atoms with Crippen LogP contribution in [0.3, 0.4) is 0 Å². The minimum Gasteiger partial charge on any atom is -0.378 e. The van der Waals surface area contributed by atoms with Crippen LogP contribution in [0.1, 0.15) is 11.3 Å². The van der Waals surface area contributed by atoms with Gasteiger partial charge in [0, 0.05) is 24.3 Å². The predicted octanol–water partition coefficient (Wildman–Crippen LogP) is 1.10. The molecule has 2 N–H and O–H groups in total. The van der Waals surface area contributed by atoms with Crippen LogP contribution in [0.5, 0.6) is 0 Å². The van der Waals surface area contributed by atoms with Gasteiger partial charge >= 0.3 is 0 Å². The molecule has 0 aliphatic rings. The van der Waals surface area contributed by atoms with Gasteiger partial charge in [-0.05, 0) is 21.0 Å². The fraction of sp³-hybridized carbons (Fsp3) is 0.462. The van der Waals surface area contributed by atoms with Crippen LogP contribution in [0, 0.1) is 6.92 Å². The molecule has 0 atom stereocenters. The second kappa shape index (κ2) is 6.73. The number of halogens is 1. The van der Waals surface area contributed by atoms with Crippen LogP contribution < -0.4 is 10.9 Å². The first kappa shape index (κ1) is 15.5. The van der Waals surface area contributed by atoms with Gasteiger partial charge in [-0.15, -0.1) is 0 Å². The van der Waals surface area contributed by atoms with Gasteiger partial charge in [0.25, 0.3) is 5.56 Å². The molecule has 0 radical (unpaired) electrons. The lowest BCUT2D eigenvalue weighted by molar-refractivity contribution is 0.367. The number of nitrogens with zero attached hydrogens (tertiary/aromatic N) is 4. The van der Waals surface area contributed by atoms with Crippen LogP contribution in [0.15, 0.2) is 17.2 Å². The van der Waals surface area contributed by atoms with Crippen molar-refractivity contribution in [1.82, 2.24) is 24.9 Å². The number of aromatic nitrogens is 4. The number of likely N-dealkylation sites (N-methyl/N-ethyl adjacent to an activating group) is 1. The van der Waals surface area contributed by atoms with Crippen molar-refractivity contribution in [2.45, 2.75) is 20.0 Å². The summed E-state index contributed by atoms with van der Waals surface area (Å²) in [6, 6.07) is 0. The molecule has 0 amide bonds.